The fourth-order valence-electron chi connectivity index (χ4n) is 2.66. The van der Waals surface area contributed by atoms with E-state index >= 15 is 0 Å². The number of hydrogen-bond acceptors (Lipinski definition) is 5. The van der Waals surface area contributed by atoms with Crippen molar-refractivity contribution in [3.63, 3.8) is 0 Å². The molecule has 25 heavy (non-hydrogen) atoms. The number of carbonyl (C=O) groups excluding carboxylic acids is 1. The van der Waals surface area contributed by atoms with E-state index in [2.05, 4.69) is 21.6 Å². The molecule has 8 heteroatoms. The monoisotopic (exact) mass is 359 g/mol. The smallest absolute Gasteiger partial charge is 0.231 e. The van der Waals surface area contributed by atoms with Crippen LogP contribution in [0.3, 0.4) is 0 Å². The predicted molar refractivity (Wildman–Crippen MR) is 92.0 cm³/mol. The molecule has 1 amide bonds. The molecule has 1 aromatic heterocycles. The van der Waals surface area contributed by atoms with Crippen molar-refractivity contribution in [2.75, 3.05) is 5.75 Å². The molecule has 0 aliphatic heterocycles. The van der Waals surface area contributed by atoms with Gasteiger partial charge in [-0.05, 0) is 37.8 Å². The van der Waals surface area contributed by atoms with Crippen LogP contribution in [0.4, 0.5) is 4.39 Å². The van der Waals surface area contributed by atoms with Crippen molar-refractivity contribution in [3.05, 3.63) is 30.1 Å². The number of nitriles is 1. The number of halogens is 1. The molecule has 0 bridgehead atoms. The second kappa shape index (κ2) is 6.84. The Kier molecular flexibility index (Phi) is 4.77. The average Bonchev–Trinajstić information content (AvgIpc) is 3.39. The minimum absolute atomic E-state index is 0.118. The Morgan fingerprint density at radius 2 is 2.20 bits per heavy atom. The fraction of sp³-hybridized carbons (Fsp3) is 0.412. The topological polar surface area (TPSA) is 83.6 Å². The van der Waals surface area contributed by atoms with Gasteiger partial charge in [-0.25, -0.2) is 4.39 Å². The summed E-state index contributed by atoms with van der Waals surface area (Å²) in [7, 11) is 1.73. The number of benzene rings is 1. The lowest BCUT2D eigenvalue weighted by molar-refractivity contribution is -0.119. The normalized spacial score (nSPS) is 16.1. The van der Waals surface area contributed by atoms with Crippen LogP contribution in [0, 0.1) is 23.1 Å². The van der Waals surface area contributed by atoms with Crippen molar-refractivity contribution in [2.45, 2.75) is 30.5 Å². The second-order valence-electron chi connectivity index (χ2n) is 6.27. The minimum Gasteiger partial charge on any atom is -0.337 e. The third kappa shape index (κ3) is 3.66. The fourth-order valence-corrected chi connectivity index (χ4v) is 3.37. The molecule has 0 spiro atoms. The summed E-state index contributed by atoms with van der Waals surface area (Å²) in [6, 6.07) is 8.54. The zero-order valence-corrected chi connectivity index (χ0v) is 14.8. The van der Waals surface area contributed by atoms with Gasteiger partial charge in [-0.2, -0.15) is 5.26 Å². The molecule has 1 saturated carbocycles. The van der Waals surface area contributed by atoms with Gasteiger partial charge in [0.2, 0.25) is 5.91 Å². The summed E-state index contributed by atoms with van der Waals surface area (Å²) in [6.07, 6.45) is 1.93. The number of carbonyl (C=O) groups is 1. The first-order valence-corrected chi connectivity index (χ1v) is 8.92. The second-order valence-corrected chi connectivity index (χ2v) is 7.21. The van der Waals surface area contributed by atoms with Gasteiger partial charge in [0, 0.05) is 7.05 Å². The molecule has 1 unspecified atom stereocenters. The lowest BCUT2D eigenvalue weighted by Gasteiger charge is -2.22. The molecule has 3 rings (SSSR count). The van der Waals surface area contributed by atoms with Crippen LogP contribution in [-0.2, 0) is 11.8 Å². The summed E-state index contributed by atoms with van der Waals surface area (Å²) in [5.41, 5.74) is -0.449. The number of nitrogens with one attached hydrogen (secondary N) is 1. The number of thioether (sulfide) groups is 1. The van der Waals surface area contributed by atoms with Crippen LogP contribution in [-0.4, -0.2) is 32.0 Å². The van der Waals surface area contributed by atoms with Crippen molar-refractivity contribution in [3.8, 4) is 17.5 Å². The zero-order chi connectivity index (χ0) is 18.0. The predicted octanol–water partition coefficient (Wildman–Crippen LogP) is 2.52. The van der Waals surface area contributed by atoms with Crippen LogP contribution in [0.25, 0.3) is 11.4 Å². The lowest BCUT2D eigenvalue weighted by Crippen LogP contribution is -2.47. The number of nitrogens with zero attached hydrogens (tertiary/aromatic N) is 4. The maximum Gasteiger partial charge on any atom is 0.231 e. The molecule has 1 fully saturated rings. The molecule has 2 aromatic rings. The van der Waals surface area contributed by atoms with Crippen LogP contribution >= 0.6 is 11.8 Å². The highest BCUT2D eigenvalue weighted by Crippen LogP contribution is 2.39. The molecule has 1 atom stereocenters. The maximum atomic E-state index is 13.9. The van der Waals surface area contributed by atoms with Crippen molar-refractivity contribution in [1.82, 2.24) is 20.1 Å². The van der Waals surface area contributed by atoms with Gasteiger partial charge in [0.25, 0.3) is 0 Å². The summed E-state index contributed by atoms with van der Waals surface area (Å²) in [5.74, 6) is 0.153. The maximum absolute atomic E-state index is 13.9. The lowest BCUT2D eigenvalue weighted by atomic mass is 9.98. The number of amides is 1. The third-order valence-electron chi connectivity index (χ3n) is 4.31. The van der Waals surface area contributed by atoms with E-state index in [1.807, 2.05) is 0 Å². The largest absolute Gasteiger partial charge is 0.337 e. The van der Waals surface area contributed by atoms with Crippen molar-refractivity contribution in [1.29, 1.82) is 5.26 Å². The number of aromatic nitrogens is 3. The minimum atomic E-state index is -0.810. The Morgan fingerprint density at radius 3 is 2.84 bits per heavy atom. The van der Waals surface area contributed by atoms with Crippen LogP contribution in [0.1, 0.15) is 19.8 Å². The zero-order valence-electron chi connectivity index (χ0n) is 14.0. The molecular weight excluding hydrogens is 341 g/mol. The average molecular weight is 359 g/mol. The first kappa shape index (κ1) is 17.4. The molecule has 1 N–H and O–H groups in total. The Morgan fingerprint density at radius 1 is 1.48 bits per heavy atom. The van der Waals surface area contributed by atoms with E-state index in [9.17, 15) is 14.4 Å². The van der Waals surface area contributed by atoms with Gasteiger partial charge >= 0.3 is 0 Å². The quantitative estimate of drug-likeness (QED) is 0.801. The first-order chi connectivity index (χ1) is 11.9. The molecule has 130 valence electrons. The molecule has 0 radical (unpaired) electrons. The Hall–Kier alpha value is -2.40. The van der Waals surface area contributed by atoms with Crippen LogP contribution in [0.2, 0.25) is 0 Å². The first-order valence-electron chi connectivity index (χ1n) is 7.94. The highest BCUT2D eigenvalue weighted by Gasteiger charge is 2.42. The molecular formula is C17H18FN5OS. The van der Waals surface area contributed by atoms with Crippen LogP contribution in [0.15, 0.2) is 29.4 Å². The van der Waals surface area contributed by atoms with Crippen LogP contribution < -0.4 is 5.32 Å². The molecule has 1 aromatic carbocycles. The van der Waals surface area contributed by atoms with Gasteiger partial charge in [-0.15, -0.1) is 10.2 Å². The van der Waals surface area contributed by atoms with Gasteiger partial charge in [0.15, 0.2) is 11.0 Å². The van der Waals surface area contributed by atoms with Gasteiger partial charge in [-0.1, -0.05) is 23.9 Å². The molecule has 1 heterocycles. The summed E-state index contributed by atoms with van der Waals surface area (Å²) in [5, 5.41) is 20.7. The van der Waals surface area contributed by atoms with E-state index in [0.29, 0.717) is 16.5 Å². The van der Waals surface area contributed by atoms with E-state index in [-0.39, 0.29) is 23.4 Å². The molecule has 1 aliphatic rings. The summed E-state index contributed by atoms with van der Waals surface area (Å²) < 4.78 is 15.6. The summed E-state index contributed by atoms with van der Waals surface area (Å²) in [4.78, 5) is 12.2. The summed E-state index contributed by atoms with van der Waals surface area (Å²) in [6.45, 7) is 1.76. The Bertz CT molecular complexity index is 842. The number of rotatable bonds is 6. The Labute approximate surface area is 149 Å². The van der Waals surface area contributed by atoms with Gasteiger partial charge in [0.1, 0.15) is 11.4 Å². The third-order valence-corrected chi connectivity index (χ3v) is 5.33. The SMILES string of the molecule is Cn1c(SCC(=O)NC(C)(C#N)C2CC2)nnc1-c1ccccc1F. The van der Waals surface area contributed by atoms with E-state index in [4.69, 9.17) is 0 Å². The van der Waals surface area contributed by atoms with Gasteiger partial charge < -0.3 is 9.88 Å². The Balaban J connectivity index is 1.66. The van der Waals surface area contributed by atoms with E-state index < -0.39 is 5.54 Å². The van der Waals surface area contributed by atoms with Crippen molar-refractivity contribution >= 4 is 17.7 Å². The molecule has 0 saturated heterocycles. The van der Waals surface area contributed by atoms with Crippen molar-refractivity contribution in [2.24, 2.45) is 13.0 Å². The van der Waals surface area contributed by atoms with Crippen LogP contribution in [0.5, 0.6) is 0 Å². The highest BCUT2D eigenvalue weighted by molar-refractivity contribution is 7.99. The highest BCUT2D eigenvalue weighted by atomic mass is 32.2. The molecule has 6 nitrogen and oxygen atoms in total. The number of hydrogen-bond donors (Lipinski definition) is 1. The van der Waals surface area contributed by atoms with E-state index in [1.54, 1.807) is 36.7 Å². The van der Waals surface area contributed by atoms with E-state index in [0.717, 1.165) is 12.8 Å². The van der Waals surface area contributed by atoms with Gasteiger partial charge in [0.05, 0.1) is 17.4 Å². The molecule has 1 aliphatic carbocycles. The van der Waals surface area contributed by atoms with Crippen molar-refractivity contribution < 1.29 is 9.18 Å². The standard InChI is InChI=1S/C17H18FN5OS/c1-17(10-19,11-7-8-11)20-14(24)9-25-16-22-21-15(23(16)2)12-5-3-4-6-13(12)18/h3-6,11H,7-9H2,1-2H3,(H,20,24). The summed E-state index contributed by atoms with van der Waals surface area (Å²) >= 11 is 1.21. The van der Waals surface area contributed by atoms with E-state index in [1.165, 1.54) is 17.8 Å². The van der Waals surface area contributed by atoms with Gasteiger partial charge in [-0.3, -0.25) is 4.79 Å².